The predicted molar refractivity (Wildman–Crippen MR) is 41.4 cm³/mol. The van der Waals surface area contributed by atoms with Gasteiger partial charge >= 0.3 is 11.9 Å². The van der Waals surface area contributed by atoms with Crippen LogP contribution >= 0.6 is 0 Å². The Balaban J connectivity index is 4.62. The smallest absolute Gasteiger partial charge is 0.336 e. The first-order valence-corrected chi connectivity index (χ1v) is 3.28. The lowest BCUT2D eigenvalue weighted by Crippen LogP contribution is -2.43. The molecule has 1 atom stereocenters. The van der Waals surface area contributed by atoms with E-state index >= 15 is 0 Å². The van der Waals surface area contributed by atoms with Crippen LogP contribution in [-0.2, 0) is 9.59 Å². The first kappa shape index (κ1) is 11.4. The number of carboxylic acid groups (broad SMARTS) is 2. The molecule has 0 rings (SSSR count). The second kappa shape index (κ2) is 3.85. The van der Waals surface area contributed by atoms with Crippen LogP contribution in [0.15, 0.2) is 0 Å². The Kier molecular flexibility index (Phi) is 3.37. The fourth-order valence-corrected chi connectivity index (χ4v) is 0.779. The second-order valence-corrected chi connectivity index (χ2v) is 2.61. The van der Waals surface area contributed by atoms with Crippen molar-refractivity contribution in [1.82, 2.24) is 0 Å². The van der Waals surface area contributed by atoms with E-state index in [4.69, 9.17) is 21.4 Å². The van der Waals surface area contributed by atoms with Crippen LogP contribution in [0.2, 0.25) is 0 Å². The zero-order chi connectivity index (χ0) is 10.6. The average Bonchev–Trinajstić information content (AvgIpc) is 1.82. The summed E-state index contributed by atoms with van der Waals surface area (Å²) in [5.74, 6) is -3.75. The third-order valence-electron chi connectivity index (χ3n) is 1.32. The summed E-state index contributed by atoms with van der Waals surface area (Å²) in [6, 6.07) is 0. The van der Waals surface area contributed by atoms with Gasteiger partial charge in [0, 0.05) is 6.42 Å². The van der Waals surface area contributed by atoms with E-state index in [0.717, 1.165) is 0 Å². The highest BCUT2D eigenvalue weighted by atomic mass is 16.4. The molecule has 1 unspecified atom stereocenters. The van der Waals surface area contributed by atoms with Crippen LogP contribution < -0.4 is 5.73 Å². The van der Waals surface area contributed by atoms with Crippen LogP contribution in [0.25, 0.3) is 0 Å². The summed E-state index contributed by atoms with van der Waals surface area (Å²) in [5.41, 5.74) is 2.37. The van der Waals surface area contributed by atoms with Gasteiger partial charge in [0.15, 0.2) is 5.60 Å². The molecule has 0 aromatic heterocycles. The number of amidine groups is 1. The molecule has 0 spiro atoms. The quantitative estimate of drug-likeness (QED) is 0.266. The molecule has 74 valence electrons. The van der Waals surface area contributed by atoms with E-state index in [2.05, 4.69) is 0 Å². The standard InChI is InChI=1S/C6H10N2O5/c7-3(8)1-6(13,5(11)12)2-4(9)10/h13H,1-2H2,(H3,7,8)(H,9,10)(H,11,12). The molecule has 0 radical (unpaired) electrons. The minimum Gasteiger partial charge on any atom is -0.481 e. The number of nitrogens with two attached hydrogens (primary N) is 1. The van der Waals surface area contributed by atoms with Crippen LogP contribution in [0, 0.1) is 5.41 Å². The Morgan fingerprint density at radius 1 is 1.31 bits per heavy atom. The summed E-state index contributed by atoms with van der Waals surface area (Å²) in [7, 11) is 0. The van der Waals surface area contributed by atoms with Crippen molar-refractivity contribution in [2.45, 2.75) is 18.4 Å². The van der Waals surface area contributed by atoms with Crippen LogP contribution in [0.5, 0.6) is 0 Å². The van der Waals surface area contributed by atoms with Gasteiger partial charge in [0.2, 0.25) is 0 Å². The van der Waals surface area contributed by atoms with E-state index in [1.165, 1.54) is 0 Å². The topological polar surface area (TPSA) is 145 Å². The summed E-state index contributed by atoms with van der Waals surface area (Å²) in [4.78, 5) is 20.6. The number of rotatable bonds is 5. The van der Waals surface area contributed by atoms with Crippen molar-refractivity contribution in [3.05, 3.63) is 0 Å². The predicted octanol–water partition coefficient (Wildman–Crippen LogP) is -1.40. The number of aliphatic carboxylic acids is 2. The molecule has 0 saturated carbocycles. The van der Waals surface area contributed by atoms with Gasteiger partial charge in [-0.15, -0.1) is 0 Å². The largest absolute Gasteiger partial charge is 0.481 e. The van der Waals surface area contributed by atoms with Gasteiger partial charge in [0.1, 0.15) is 0 Å². The highest BCUT2D eigenvalue weighted by Gasteiger charge is 2.39. The average molecular weight is 190 g/mol. The lowest BCUT2D eigenvalue weighted by atomic mass is 9.95. The van der Waals surface area contributed by atoms with Crippen molar-refractivity contribution in [2.75, 3.05) is 0 Å². The van der Waals surface area contributed by atoms with Crippen molar-refractivity contribution in [3.8, 4) is 0 Å². The molecule has 0 aromatic rings. The highest BCUT2D eigenvalue weighted by molar-refractivity contribution is 5.90. The van der Waals surface area contributed by atoms with E-state index in [0.29, 0.717) is 0 Å². The van der Waals surface area contributed by atoms with E-state index in [-0.39, 0.29) is 0 Å². The van der Waals surface area contributed by atoms with Gasteiger partial charge in [-0.2, -0.15) is 0 Å². The van der Waals surface area contributed by atoms with Gasteiger partial charge in [-0.25, -0.2) is 4.79 Å². The van der Waals surface area contributed by atoms with Gasteiger partial charge in [0.25, 0.3) is 0 Å². The van der Waals surface area contributed by atoms with Crippen LogP contribution in [0.4, 0.5) is 0 Å². The third-order valence-corrected chi connectivity index (χ3v) is 1.32. The highest BCUT2D eigenvalue weighted by Crippen LogP contribution is 2.15. The third kappa shape index (κ3) is 3.52. The number of nitrogens with one attached hydrogen (secondary N) is 1. The Morgan fingerprint density at radius 3 is 2.00 bits per heavy atom. The minimum absolute atomic E-state index is 0.578. The van der Waals surface area contributed by atoms with Crippen LogP contribution in [0.3, 0.4) is 0 Å². The maximum atomic E-state index is 10.4. The van der Waals surface area contributed by atoms with Gasteiger partial charge in [0.05, 0.1) is 12.3 Å². The van der Waals surface area contributed by atoms with E-state index in [1.807, 2.05) is 0 Å². The van der Waals surface area contributed by atoms with Crippen LogP contribution in [-0.4, -0.2) is 38.7 Å². The van der Waals surface area contributed by atoms with Crippen molar-refractivity contribution < 1.29 is 24.9 Å². The Morgan fingerprint density at radius 2 is 1.77 bits per heavy atom. The fourth-order valence-electron chi connectivity index (χ4n) is 0.779. The van der Waals surface area contributed by atoms with Crippen molar-refractivity contribution >= 4 is 17.8 Å². The number of hydrogen-bond acceptors (Lipinski definition) is 4. The van der Waals surface area contributed by atoms with E-state index < -0.39 is 36.2 Å². The van der Waals surface area contributed by atoms with Gasteiger partial charge in [-0.3, -0.25) is 10.2 Å². The normalized spacial score (nSPS) is 14.5. The fraction of sp³-hybridized carbons (Fsp3) is 0.500. The second-order valence-electron chi connectivity index (χ2n) is 2.61. The first-order valence-electron chi connectivity index (χ1n) is 3.28. The maximum absolute atomic E-state index is 10.4. The maximum Gasteiger partial charge on any atom is 0.336 e. The lowest BCUT2D eigenvalue weighted by Gasteiger charge is -2.19. The monoisotopic (exact) mass is 190 g/mol. The van der Waals surface area contributed by atoms with Gasteiger partial charge in [-0.05, 0) is 0 Å². The molecule has 0 aliphatic rings. The number of carbonyl (C=O) groups is 2. The summed E-state index contributed by atoms with van der Waals surface area (Å²) < 4.78 is 0. The van der Waals surface area contributed by atoms with Crippen molar-refractivity contribution in [1.29, 1.82) is 5.41 Å². The van der Waals surface area contributed by atoms with Gasteiger partial charge in [-0.1, -0.05) is 0 Å². The number of aliphatic hydroxyl groups is 1. The molecule has 0 heterocycles. The summed E-state index contributed by atoms with van der Waals surface area (Å²) >= 11 is 0. The molecule has 0 saturated heterocycles. The minimum atomic E-state index is -2.49. The zero-order valence-corrected chi connectivity index (χ0v) is 6.65. The molecule has 0 aromatic carbocycles. The Hall–Kier alpha value is -1.63. The summed E-state index contributed by atoms with van der Waals surface area (Å²) in [6.45, 7) is 0. The van der Waals surface area contributed by atoms with Gasteiger partial charge < -0.3 is 21.1 Å². The van der Waals surface area contributed by atoms with Crippen LogP contribution in [0.1, 0.15) is 12.8 Å². The molecule has 7 heteroatoms. The summed E-state index contributed by atoms with van der Waals surface area (Å²) in [6.07, 6.45) is -1.68. The molecule has 0 amide bonds. The van der Waals surface area contributed by atoms with E-state index in [9.17, 15) is 14.7 Å². The molecular weight excluding hydrogens is 180 g/mol. The van der Waals surface area contributed by atoms with Crippen molar-refractivity contribution in [3.63, 3.8) is 0 Å². The number of hydrogen-bond donors (Lipinski definition) is 5. The zero-order valence-electron chi connectivity index (χ0n) is 6.65. The van der Waals surface area contributed by atoms with Crippen molar-refractivity contribution in [2.24, 2.45) is 5.73 Å². The molecule has 0 bridgehead atoms. The molecule has 6 N–H and O–H groups in total. The molecule has 0 fully saturated rings. The molecule has 13 heavy (non-hydrogen) atoms. The molecule has 0 aliphatic carbocycles. The number of carboxylic acids is 2. The SMILES string of the molecule is N=C(N)CC(O)(CC(=O)O)C(=O)O. The molecular formula is C6H10N2O5. The first-order chi connectivity index (χ1) is 5.78. The molecule has 0 aliphatic heterocycles. The Bertz CT molecular complexity index is 233. The molecule has 7 nitrogen and oxygen atoms in total. The lowest BCUT2D eigenvalue weighted by molar-refractivity contribution is -0.164. The van der Waals surface area contributed by atoms with E-state index in [1.54, 1.807) is 0 Å². The summed E-state index contributed by atoms with van der Waals surface area (Å²) in [5, 5.41) is 32.7. The Labute approximate surface area is 73.3 Å².